The van der Waals surface area contributed by atoms with Crippen molar-refractivity contribution < 1.29 is 23.8 Å². The minimum atomic E-state index is -0.799. The van der Waals surface area contributed by atoms with Gasteiger partial charge < -0.3 is 19.5 Å². The fourth-order valence-corrected chi connectivity index (χ4v) is 2.23. The number of carbonyl (C=O) groups is 2. The highest BCUT2D eigenvalue weighted by atomic mass is 16.5. The highest BCUT2D eigenvalue weighted by Crippen LogP contribution is 2.28. The van der Waals surface area contributed by atoms with E-state index in [-0.39, 0.29) is 11.3 Å². The van der Waals surface area contributed by atoms with Crippen LogP contribution >= 0.6 is 0 Å². The highest BCUT2D eigenvalue weighted by Gasteiger charge is 2.15. The van der Waals surface area contributed by atoms with Gasteiger partial charge in [0.1, 0.15) is 11.5 Å². The lowest BCUT2D eigenvalue weighted by Crippen LogP contribution is -2.26. The second-order valence-corrected chi connectivity index (χ2v) is 5.47. The van der Waals surface area contributed by atoms with Gasteiger partial charge in [-0.1, -0.05) is 6.92 Å². The Labute approximate surface area is 155 Å². The average molecular weight is 375 g/mol. The first-order valence-corrected chi connectivity index (χ1v) is 8.25. The summed E-state index contributed by atoms with van der Waals surface area (Å²) in [5.74, 6) is -0.390. The van der Waals surface area contributed by atoms with Crippen molar-refractivity contribution in [3.8, 4) is 11.5 Å². The molecule has 0 saturated carbocycles. The van der Waals surface area contributed by atoms with Gasteiger partial charge in [-0.05, 0) is 24.6 Å². The molecule has 2 aromatic rings. The average Bonchev–Trinajstić information content (AvgIpc) is 2.67. The van der Waals surface area contributed by atoms with E-state index >= 15 is 0 Å². The standard InChI is InChI=1S/C18H21N3O6/c1-4-9-21-17(23)8-6-13(20-21)18(24)27-11-16(22)19-14-10-12(25-2)5-7-15(14)26-3/h5-8,10H,4,9,11H2,1-3H3,(H,19,22). The number of hydrogen-bond acceptors (Lipinski definition) is 7. The summed E-state index contributed by atoms with van der Waals surface area (Å²) in [6.07, 6.45) is 0.691. The minimum absolute atomic E-state index is 0.0465. The van der Waals surface area contributed by atoms with E-state index in [0.29, 0.717) is 30.2 Å². The van der Waals surface area contributed by atoms with Crippen molar-refractivity contribution in [1.29, 1.82) is 0 Å². The molecule has 0 aliphatic rings. The Morgan fingerprint density at radius 2 is 1.93 bits per heavy atom. The third-order valence-electron chi connectivity index (χ3n) is 3.53. The summed E-state index contributed by atoms with van der Waals surface area (Å²) in [5, 5.41) is 6.52. The number of carbonyl (C=O) groups excluding carboxylic acids is 2. The quantitative estimate of drug-likeness (QED) is 0.696. The second-order valence-electron chi connectivity index (χ2n) is 5.47. The molecule has 0 aliphatic heterocycles. The molecule has 9 heteroatoms. The van der Waals surface area contributed by atoms with Crippen molar-refractivity contribution >= 4 is 17.6 Å². The summed E-state index contributed by atoms with van der Waals surface area (Å²) < 4.78 is 16.4. The van der Waals surface area contributed by atoms with E-state index in [1.807, 2.05) is 6.92 Å². The van der Waals surface area contributed by atoms with E-state index in [9.17, 15) is 14.4 Å². The van der Waals surface area contributed by atoms with Crippen LogP contribution in [0.25, 0.3) is 0 Å². The molecule has 1 amide bonds. The van der Waals surface area contributed by atoms with Gasteiger partial charge >= 0.3 is 5.97 Å². The van der Waals surface area contributed by atoms with Crippen LogP contribution in [0.4, 0.5) is 5.69 Å². The minimum Gasteiger partial charge on any atom is -0.497 e. The van der Waals surface area contributed by atoms with Crippen LogP contribution in [0.3, 0.4) is 0 Å². The number of nitrogens with one attached hydrogen (secondary N) is 1. The largest absolute Gasteiger partial charge is 0.497 e. The summed E-state index contributed by atoms with van der Waals surface area (Å²) >= 11 is 0. The number of esters is 1. The first-order valence-electron chi connectivity index (χ1n) is 8.25. The fraction of sp³-hybridized carbons (Fsp3) is 0.333. The molecule has 9 nitrogen and oxygen atoms in total. The lowest BCUT2D eigenvalue weighted by molar-refractivity contribution is -0.119. The number of hydrogen-bond donors (Lipinski definition) is 1. The summed E-state index contributed by atoms with van der Waals surface area (Å²) in [6.45, 7) is 1.75. The molecule has 2 rings (SSSR count). The SMILES string of the molecule is CCCn1nc(C(=O)OCC(=O)Nc2cc(OC)ccc2OC)ccc1=O. The van der Waals surface area contributed by atoms with Gasteiger partial charge in [-0.3, -0.25) is 9.59 Å². The zero-order valence-electron chi connectivity index (χ0n) is 15.4. The predicted octanol–water partition coefficient (Wildman–Crippen LogP) is 1.47. The Morgan fingerprint density at radius 1 is 1.15 bits per heavy atom. The van der Waals surface area contributed by atoms with Gasteiger partial charge in [0.2, 0.25) is 0 Å². The van der Waals surface area contributed by atoms with Gasteiger partial charge in [-0.25, -0.2) is 9.48 Å². The maximum Gasteiger partial charge on any atom is 0.359 e. The molecule has 1 aromatic heterocycles. The van der Waals surface area contributed by atoms with E-state index in [2.05, 4.69) is 10.4 Å². The molecule has 0 unspecified atom stereocenters. The highest BCUT2D eigenvalue weighted by molar-refractivity contribution is 5.95. The first-order chi connectivity index (χ1) is 13.0. The number of nitrogens with zero attached hydrogens (tertiary/aromatic N) is 2. The van der Waals surface area contributed by atoms with E-state index in [1.54, 1.807) is 18.2 Å². The van der Waals surface area contributed by atoms with Crippen molar-refractivity contribution in [2.24, 2.45) is 0 Å². The number of rotatable bonds is 8. The smallest absolute Gasteiger partial charge is 0.359 e. The van der Waals surface area contributed by atoms with Gasteiger partial charge in [0, 0.05) is 18.7 Å². The fourth-order valence-electron chi connectivity index (χ4n) is 2.23. The lowest BCUT2D eigenvalue weighted by Gasteiger charge is -2.12. The molecule has 27 heavy (non-hydrogen) atoms. The predicted molar refractivity (Wildman–Crippen MR) is 97.2 cm³/mol. The van der Waals surface area contributed by atoms with Gasteiger partial charge in [0.25, 0.3) is 11.5 Å². The molecule has 0 bridgehead atoms. The molecule has 0 fully saturated rings. The molecule has 1 aromatic carbocycles. The van der Waals surface area contributed by atoms with Crippen molar-refractivity contribution in [3.05, 3.63) is 46.4 Å². The normalized spacial score (nSPS) is 10.2. The van der Waals surface area contributed by atoms with Crippen molar-refractivity contribution in [2.75, 3.05) is 26.1 Å². The second kappa shape index (κ2) is 9.37. The van der Waals surface area contributed by atoms with Crippen LogP contribution in [-0.4, -0.2) is 42.5 Å². The van der Waals surface area contributed by atoms with E-state index < -0.39 is 18.5 Å². The third-order valence-corrected chi connectivity index (χ3v) is 3.53. The van der Waals surface area contributed by atoms with Crippen LogP contribution in [0.1, 0.15) is 23.8 Å². The maximum atomic E-state index is 12.1. The zero-order chi connectivity index (χ0) is 19.8. The van der Waals surface area contributed by atoms with Crippen molar-refractivity contribution in [2.45, 2.75) is 19.9 Å². The molecular weight excluding hydrogens is 354 g/mol. The molecule has 144 valence electrons. The lowest BCUT2D eigenvalue weighted by atomic mass is 10.2. The van der Waals surface area contributed by atoms with Crippen LogP contribution in [0.15, 0.2) is 35.1 Å². The number of anilines is 1. The summed E-state index contributed by atoms with van der Waals surface area (Å²) in [5.41, 5.74) is 0.0265. The summed E-state index contributed by atoms with van der Waals surface area (Å²) in [4.78, 5) is 35.8. The van der Waals surface area contributed by atoms with Crippen LogP contribution < -0.4 is 20.3 Å². The Kier molecular flexibility index (Phi) is 6.93. The number of benzene rings is 1. The van der Waals surface area contributed by atoms with E-state index in [4.69, 9.17) is 14.2 Å². The van der Waals surface area contributed by atoms with Gasteiger partial charge in [0.15, 0.2) is 12.3 Å². The van der Waals surface area contributed by atoms with Gasteiger partial charge in [-0.2, -0.15) is 5.10 Å². The number of aromatic nitrogens is 2. The number of methoxy groups -OCH3 is 2. The van der Waals surface area contributed by atoms with Gasteiger partial charge in [0.05, 0.1) is 19.9 Å². The summed E-state index contributed by atoms with van der Waals surface area (Å²) in [6, 6.07) is 7.41. The molecule has 0 atom stereocenters. The van der Waals surface area contributed by atoms with E-state index in [1.165, 1.54) is 31.0 Å². The van der Waals surface area contributed by atoms with Gasteiger partial charge in [-0.15, -0.1) is 0 Å². The monoisotopic (exact) mass is 375 g/mol. The van der Waals surface area contributed by atoms with Crippen LogP contribution in [-0.2, 0) is 16.1 Å². The molecule has 0 radical (unpaired) electrons. The molecule has 0 aliphatic carbocycles. The van der Waals surface area contributed by atoms with Crippen molar-refractivity contribution in [1.82, 2.24) is 9.78 Å². The first kappa shape index (κ1) is 20.0. The van der Waals surface area contributed by atoms with Crippen LogP contribution in [0.5, 0.6) is 11.5 Å². The van der Waals surface area contributed by atoms with Crippen molar-refractivity contribution in [3.63, 3.8) is 0 Å². The topological polar surface area (TPSA) is 109 Å². The van der Waals surface area contributed by atoms with Crippen LogP contribution in [0, 0.1) is 0 Å². The summed E-state index contributed by atoms with van der Waals surface area (Å²) in [7, 11) is 2.97. The van der Waals surface area contributed by atoms with Crippen LogP contribution in [0.2, 0.25) is 0 Å². The zero-order valence-corrected chi connectivity index (χ0v) is 15.4. The molecule has 1 N–H and O–H groups in total. The Hall–Kier alpha value is -3.36. The maximum absolute atomic E-state index is 12.1. The van der Waals surface area contributed by atoms with E-state index in [0.717, 1.165) is 0 Å². The Morgan fingerprint density at radius 3 is 2.59 bits per heavy atom. The third kappa shape index (κ3) is 5.30. The number of amides is 1. The molecular formula is C18H21N3O6. The number of ether oxygens (including phenoxy) is 3. The molecule has 0 spiro atoms. The Balaban J connectivity index is 2.00. The molecule has 0 saturated heterocycles. The molecule has 1 heterocycles. The Bertz CT molecular complexity index is 878. The number of aryl methyl sites for hydroxylation is 1.